The van der Waals surface area contributed by atoms with E-state index in [0.29, 0.717) is 13.0 Å². The highest BCUT2D eigenvalue weighted by molar-refractivity contribution is 9.10. The molecule has 14 heavy (non-hydrogen) atoms. The number of hydrogen-bond donors (Lipinski definition) is 0. The number of benzene rings is 1. The highest BCUT2D eigenvalue weighted by Crippen LogP contribution is 2.13. The lowest BCUT2D eigenvalue weighted by Crippen LogP contribution is -1.77. The van der Waals surface area contributed by atoms with E-state index in [1.54, 1.807) is 0 Å². The van der Waals surface area contributed by atoms with Gasteiger partial charge in [0.15, 0.2) is 0 Å². The molecule has 70 valence electrons. The van der Waals surface area contributed by atoms with E-state index in [1.807, 2.05) is 24.3 Å². The Morgan fingerprint density at radius 1 is 1.43 bits per heavy atom. The molecule has 0 saturated carbocycles. The molecule has 0 aliphatic heterocycles. The van der Waals surface area contributed by atoms with E-state index in [0.717, 1.165) is 10.0 Å². The Morgan fingerprint density at radius 3 is 2.93 bits per heavy atom. The Balaban J connectivity index is 2.59. The van der Waals surface area contributed by atoms with Crippen molar-refractivity contribution in [3.63, 3.8) is 0 Å². The Kier molecular flexibility index (Phi) is 4.63. The molecule has 1 aromatic carbocycles. The van der Waals surface area contributed by atoms with Gasteiger partial charge in [0.2, 0.25) is 0 Å². The zero-order chi connectivity index (χ0) is 10.2. The summed E-state index contributed by atoms with van der Waals surface area (Å²) >= 11 is 3.39. The molecule has 0 heterocycles. The van der Waals surface area contributed by atoms with Crippen LogP contribution in [0.3, 0.4) is 0 Å². The maximum Gasteiger partial charge on any atom is 0.0387 e. The van der Waals surface area contributed by atoms with Crippen molar-refractivity contribution < 1.29 is 0 Å². The van der Waals surface area contributed by atoms with E-state index >= 15 is 0 Å². The van der Waals surface area contributed by atoms with Gasteiger partial charge >= 0.3 is 0 Å². The molecule has 4 heteroatoms. The molecule has 0 spiro atoms. The predicted molar refractivity (Wildman–Crippen MR) is 59.7 cm³/mol. The summed E-state index contributed by atoms with van der Waals surface area (Å²) in [6.45, 7) is 0.425. The fraction of sp³-hybridized carbons (Fsp3) is 0.200. The summed E-state index contributed by atoms with van der Waals surface area (Å²) in [6.07, 6.45) is 0.589. The molecular formula is C10H8BrN3. The highest BCUT2D eigenvalue weighted by atomic mass is 79.9. The summed E-state index contributed by atoms with van der Waals surface area (Å²) in [6, 6.07) is 7.75. The molecule has 0 saturated heterocycles. The van der Waals surface area contributed by atoms with E-state index in [4.69, 9.17) is 5.53 Å². The van der Waals surface area contributed by atoms with Gasteiger partial charge in [-0.25, -0.2) is 0 Å². The van der Waals surface area contributed by atoms with Crippen molar-refractivity contribution in [1.82, 2.24) is 0 Å². The van der Waals surface area contributed by atoms with Crippen LogP contribution < -0.4 is 0 Å². The van der Waals surface area contributed by atoms with Gasteiger partial charge in [0.1, 0.15) is 0 Å². The zero-order valence-electron chi connectivity index (χ0n) is 7.44. The van der Waals surface area contributed by atoms with Crippen molar-refractivity contribution >= 4 is 15.9 Å². The fourth-order valence-corrected chi connectivity index (χ4v) is 1.25. The fourth-order valence-electron chi connectivity index (χ4n) is 0.871. The van der Waals surface area contributed by atoms with Gasteiger partial charge in [0, 0.05) is 27.9 Å². The minimum atomic E-state index is 0.425. The van der Waals surface area contributed by atoms with Crippen LogP contribution in [-0.2, 0) is 0 Å². The Bertz CT molecular complexity index is 411. The van der Waals surface area contributed by atoms with Crippen LogP contribution in [0.2, 0.25) is 0 Å². The van der Waals surface area contributed by atoms with Crippen LogP contribution in [0.15, 0.2) is 33.9 Å². The van der Waals surface area contributed by atoms with Gasteiger partial charge in [-0.05, 0) is 33.6 Å². The monoisotopic (exact) mass is 249 g/mol. The number of rotatable bonds is 2. The number of halogens is 1. The molecule has 0 amide bonds. The van der Waals surface area contributed by atoms with Crippen molar-refractivity contribution in [2.45, 2.75) is 6.42 Å². The Hall–Kier alpha value is -1.43. The molecule has 0 bridgehead atoms. The topological polar surface area (TPSA) is 48.8 Å². The summed E-state index contributed by atoms with van der Waals surface area (Å²) in [5.41, 5.74) is 8.98. The average molecular weight is 250 g/mol. The molecule has 1 rings (SSSR count). The first-order chi connectivity index (χ1) is 6.84. The number of nitrogens with zero attached hydrogens (tertiary/aromatic N) is 3. The van der Waals surface area contributed by atoms with E-state index in [1.165, 1.54) is 0 Å². The predicted octanol–water partition coefficient (Wildman–Crippen LogP) is 3.50. The van der Waals surface area contributed by atoms with E-state index in [-0.39, 0.29) is 0 Å². The van der Waals surface area contributed by atoms with Gasteiger partial charge < -0.3 is 0 Å². The minimum Gasteiger partial charge on any atom is -0.0977 e. The first-order valence-electron chi connectivity index (χ1n) is 4.09. The standard InChI is InChI=1S/C10H8BrN3/c11-10-7-2-1-5-9(10)6-3-4-8-13-14-12/h1-2,5,7H,4,8H2. The highest BCUT2D eigenvalue weighted by Gasteiger charge is 1.91. The molecule has 3 nitrogen and oxygen atoms in total. The molecule has 0 atom stereocenters. The van der Waals surface area contributed by atoms with Crippen LogP contribution in [-0.4, -0.2) is 6.54 Å². The zero-order valence-corrected chi connectivity index (χ0v) is 9.03. The average Bonchev–Trinajstić information content (AvgIpc) is 2.20. The van der Waals surface area contributed by atoms with Crippen molar-refractivity contribution in [2.24, 2.45) is 5.11 Å². The second-order valence-electron chi connectivity index (χ2n) is 2.49. The van der Waals surface area contributed by atoms with E-state index in [2.05, 4.69) is 37.8 Å². The molecule has 0 unspecified atom stereocenters. The quantitative estimate of drug-likeness (QED) is 0.253. The van der Waals surface area contributed by atoms with Gasteiger partial charge in [-0.2, -0.15) is 0 Å². The van der Waals surface area contributed by atoms with Gasteiger partial charge in [-0.1, -0.05) is 29.1 Å². The van der Waals surface area contributed by atoms with Gasteiger partial charge in [0.25, 0.3) is 0 Å². The molecule has 0 aliphatic rings. The van der Waals surface area contributed by atoms with Crippen LogP contribution in [0, 0.1) is 11.8 Å². The summed E-state index contributed by atoms with van der Waals surface area (Å²) in [5, 5.41) is 3.39. The van der Waals surface area contributed by atoms with Crippen molar-refractivity contribution in [3.05, 3.63) is 44.7 Å². The summed E-state index contributed by atoms with van der Waals surface area (Å²) in [5.74, 6) is 5.92. The summed E-state index contributed by atoms with van der Waals surface area (Å²) in [4.78, 5) is 2.65. The molecule has 0 radical (unpaired) electrons. The first-order valence-corrected chi connectivity index (χ1v) is 4.88. The van der Waals surface area contributed by atoms with Crippen LogP contribution in [0.25, 0.3) is 10.4 Å². The third-order valence-corrected chi connectivity index (χ3v) is 2.19. The first kappa shape index (κ1) is 10.6. The second kappa shape index (κ2) is 6.09. The molecule has 0 N–H and O–H groups in total. The van der Waals surface area contributed by atoms with Crippen LogP contribution in [0.5, 0.6) is 0 Å². The lowest BCUT2D eigenvalue weighted by atomic mass is 10.2. The Labute approximate surface area is 90.9 Å². The van der Waals surface area contributed by atoms with Gasteiger partial charge in [-0.3, -0.25) is 0 Å². The molecular weight excluding hydrogens is 242 g/mol. The lowest BCUT2D eigenvalue weighted by molar-refractivity contribution is 1.01. The largest absolute Gasteiger partial charge is 0.0977 e. The molecule has 0 aliphatic carbocycles. The van der Waals surface area contributed by atoms with Gasteiger partial charge in [-0.15, -0.1) is 0 Å². The third-order valence-electron chi connectivity index (χ3n) is 1.50. The van der Waals surface area contributed by atoms with Crippen molar-refractivity contribution in [1.29, 1.82) is 0 Å². The van der Waals surface area contributed by atoms with Crippen molar-refractivity contribution in [2.75, 3.05) is 6.54 Å². The molecule has 0 aromatic heterocycles. The SMILES string of the molecule is [N-]=[N+]=NCCC#Cc1ccccc1Br. The van der Waals surface area contributed by atoms with Crippen LogP contribution in [0.1, 0.15) is 12.0 Å². The van der Waals surface area contributed by atoms with Crippen molar-refractivity contribution in [3.8, 4) is 11.8 Å². The smallest absolute Gasteiger partial charge is 0.0387 e. The lowest BCUT2D eigenvalue weighted by Gasteiger charge is -1.92. The molecule has 0 fully saturated rings. The van der Waals surface area contributed by atoms with E-state index < -0.39 is 0 Å². The minimum absolute atomic E-state index is 0.425. The van der Waals surface area contributed by atoms with Gasteiger partial charge in [0.05, 0.1) is 0 Å². The normalized spacial score (nSPS) is 8.36. The maximum absolute atomic E-state index is 8.03. The molecule has 1 aromatic rings. The summed E-state index contributed by atoms with van der Waals surface area (Å²) < 4.78 is 0.983. The number of hydrogen-bond acceptors (Lipinski definition) is 1. The van der Waals surface area contributed by atoms with E-state index in [9.17, 15) is 0 Å². The summed E-state index contributed by atoms with van der Waals surface area (Å²) in [7, 11) is 0. The number of azide groups is 1. The van der Waals surface area contributed by atoms with Crippen LogP contribution >= 0.6 is 15.9 Å². The maximum atomic E-state index is 8.03. The second-order valence-corrected chi connectivity index (χ2v) is 3.34. The van der Waals surface area contributed by atoms with Crippen LogP contribution in [0.4, 0.5) is 0 Å². The Morgan fingerprint density at radius 2 is 2.21 bits per heavy atom. The third kappa shape index (κ3) is 3.53.